The van der Waals surface area contributed by atoms with E-state index in [1.165, 1.54) is 0 Å². The monoisotopic (exact) mass is 376 g/mol. The zero-order valence-corrected chi connectivity index (χ0v) is 15.4. The molecule has 1 heterocycles. The van der Waals surface area contributed by atoms with Crippen molar-refractivity contribution in [3.8, 4) is 5.75 Å². The highest BCUT2D eigenvalue weighted by molar-refractivity contribution is 5.94. The number of ether oxygens (including phenoxy) is 3. The van der Waals surface area contributed by atoms with Gasteiger partial charge in [0.1, 0.15) is 12.4 Å². The second kappa shape index (κ2) is 10.2. The van der Waals surface area contributed by atoms with E-state index in [2.05, 4.69) is 10.6 Å². The van der Waals surface area contributed by atoms with Gasteiger partial charge in [0.25, 0.3) is 0 Å². The summed E-state index contributed by atoms with van der Waals surface area (Å²) in [5.41, 5.74) is 0.482. The summed E-state index contributed by atoms with van der Waals surface area (Å²) in [6, 6.07) is 8.30. The van der Waals surface area contributed by atoms with Gasteiger partial charge in [-0.3, -0.25) is 4.79 Å². The molecule has 0 saturated heterocycles. The molecule has 0 radical (unpaired) electrons. The summed E-state index contributed by atoms with van der Waals surface area (Å²) in [6.45, 7) is 3.73. The van der Waals surface area contributed by atoms with Gasteiger partial charge < -0.3 is 24.8 Å². The fourth-order valence-electron chi connectivity index (χ4n) is 2.54. The van der Waals surface area contributed by atoms with Crippen LogP contribution in [0.15, 0.2) is 41.6 Å². The minimum absolute atomic E-state index is 0.163. The molecule has 2 rings (SSSR count). The van der Waals surface area contributed by atoms with Crippen LogP contribution in [0.3, 0.4) is 0 Å². The predicted octanol–water partition coefficient (Wildman–Crippen LogP) is 1.91. The number of carbonyl (C=O) groups excluding carboxylic acids is 3. The van der Waals surface area contributed by atoms with E-state index >= 15 is 0 Å². The summed E-state index contributed by atoms with van der Waals surface area (Å²) < 4.78 is 15.7. The van der Waals surface area contributed by atoms with E-state index in [1.807, 2.05) is 30.3 Å². The molecule has 8 heteroatoms. The fraction of sp³-hybridized carbons (Fsp3) is 0.421. The van der Waals surface area contributed by atoms with Crippen molar-refractivity contribution in [2.75, 3.05) is 19.8 Å². The Hall–Kier alpha value is -3.03. The molecule has 2 amide bonds. The van der Waals surface area contributed by atoms with E-state index in [1.54, 1.807) is 13.8 Å². The Bertz CT molecular complexity index is 701. The van der Waals surface area contributed by atoms with Gasteiger partial charge in [0.15, 0.2) is 0 Å². The Morgan fingerprint density at radius 1 is 1.15 bits per heavy atom. The average Bonchev–Trinajstić information content (AvgIpc) is 2.64. The summed E-state index contributed by atoms with van der Waals surface area (Å²) in [5, 5.41) is 5.09. The van der Waals surface area contributed by atoms with Crippen LogP contribution in [0, 0.1) is 0 Å². The zero-order valence-electron chi connectivity index (χ0n) is 15.4. The molecule has 0 saturated carbocycles. The molecule has 1 aromatic carbocycles. The molecular formula is C19H24N2O6. The molecule has 1 aliphatic heterocycles. The molecule has 27 heavy (non-hydrogen) atoms. The van der Waals surface area contributed by atoms with Crippen LogP contribution in [0.2, 0.25) is 0 Å². The Morgan fingerprint density at radius 3 is 2.59 bits per heavy atom. The first-order valence-electron chi connectivity index (χ1n) is 8.82. The van der Waals surface area contributed by atoms with Crippen molar-refractivity contribution in [2.24, 2.45) is 0 Å². The van der Waals surface area contributed by atoms with Crippen LogP contribution < -0.4 is 15.4 Å². The van der Waals surface area contributed by atoms with Crippen LogP contribution in [0.1, 0.15) is 26.7 Å². The van der Waals surface area contributed by atoms with Crippen molar-refractivity contribution in [1.82, 2.24) is 10.6 Å². The number of nitrogens with one attached hydrogen (secondary N) is 2. The molecular weight excluding hydrogens is 352 g/mol. The standard InChI is InChI=1S/C19H24N2O6/c1-3-25-18(23)17-13(2)20-19(24)21-15(17)12-27-16(22)10-7-11-26-14-8-5-4-6-9-14/h4-6,8-9,13H,3,7,10-12H2,1-2H3,(H2,20,21,24)/t13-/m1/s1. The van der Waals surface area contributed by atoms with E-state index in [0.29, 0.717) is 13.0 Å². The molecule has 0 fully saturated rings. The van der Waals surface area contributed by atoms with Gasteiger partial charge >= 0.3 is 18.0 Å². The largest absolute Gasteiger partial charge is 0.494 e. The molecule has 146 valence electrons. The zero-order chi connectivity index (χ0) is 19.6. The van der Waals surface area contributed by atoms with Gasteiger partial charge in [-0.05, 0) is 32.4 Å². The summed E-state index contributed by atoms with van der Waals surface area (Å²) >= 11 is 0. The number of urea groups is 1. The van der Waals surface area contributed by atoms with E-state index in [9.17, 15) is 14.4 Å². The first-order valence-corrected chi connectivity index (χ1v) is 8.82. The van der Waals surface area contributed by atoms with Crippen LogP contribution >= 0.6 is 0 Å². The van der Waals surface area contributed by atoms with Crippen LogP contribution in [-0.4, -0.2) is 43.8 Å². The van der Waals surface area contributed by atoms with Crippen molar-refractivity contribution in [3.05, 3.63) is 41.6 Å². The van der Waals surface area contributed by atoms with E-state index in [-0.39, 0.29) is 30.9 Å². The van der Waals surface area contributed by atoms with Crippen molar-refractivity contribution in [1.29, 1.82) is 0 Å². The quantitative estimate of drug-likeness (QED) is 0.504. The highest BCUT2D eigenvalue weighted by atomic mass is 16.5. The Kier molecular flexibility index (Phi) is 7.66. The minimum atomic E-state index is -0.556. The third-order valence-corrected chi connectivity index (χ3v) is 3.78. The molecule has 0 spiro atoms. The highest BCUT2D eigenvalue weighted by Crippen LogP contribution is 2.15. The van der Waals surface area contributed by atoms with E-state index < -0.39 is 24.0 Å². The van der Waals surface area contributed by atoms with Crippen molar-refractivity contribution in [2.45, 2.75) is 32.7 Å². The third-order valence-electron chi connectivity index (χ3n) is 3.78. The summed E-state index contributed by atoms with van der Waals surface area (Å²) in [4.78, 5) is 35.6. The number of esters is 2. The molecule has 2 N–H and O–H groups in total. The number of hydrogen-bond acceptors (Lipinski definition) is 6. The average molecular weight is 376 g/mol. The van der Waals surface area contributed by atoms with Gasteiger partial charge in [-0.15, -0.1) is 0 Å². The first-order chi connectivity index (χ1) is 13.0. The highest BCUT2D eigenvalue weighted by Gasteiger charge is 2.30. The first kappa shape index (κ1) is 20.3. The lowest BCUT2D eigenvalue weighted by Crippen LogP contribution is -2.50. The number of amides is 2. The Labute approximate surface area is 157 Å². The molecule has 0 bridgehead atoms. The normalized spacial score (nSPS) is 16.2. The SMILES string of the molecule is CCOC(=O)C1=C(COC(=O)CCCOc2ccccc2)NC(=O)N[C@@H]1C. The number of para-hydroxylation sites is 1. The van der Waals surface area contributed by atoms with Gasteiger partial charge in [-0.2, -0.15) is 0 Å². The maximum Gasteiger partial charge on any atom is 0.338 e. The Morgan fingerprint density at radius 2 is 1.89 bits per heavy atom. The maximum absolute atomic E-state index is 12.1. The van der Waals surface area contributed by atoms with Crippen LogP contribution in [0.4, 0.5) is 4.79 Å². The molecule has 0 unspecified atom stereocenters. The predicted molar refractivity (Wildman–Crippen MR) is 96.9 cm³/mol. The number of rotatable bonds is 9. The van der Waals surface area contributed by atoms with Crippen molar-refractivity contribution < 1.29 is 28.6 Å². The summed E-state index contributed by atoms with van der Waals surface area (Å²) in [7, 11) is 0. The van der Waals surface area contributed by atoms with Crippen LogP contribution in [0.5, 0.6) is 5.75 Å². The molecule has 0 aromatic heterocycles. The lowest BCUT2D eigenvalue weighted by atomic mass is 10.0. The molecule has 0 aliphatic carbocycles. The second-order valence-electron chi connectivity index (χ2n) is 5.86. The van der Waals surface area contributed by atoms with Crippen LogP contribution in [-0.2, 0) is 19.1 Å². The van der Waals surface area contributed by atoms with E-state index in [0.717, 1.165) is 5.75 Å². The molecule has 8 nitrogen and oxygen atoms in total. The third kappa shape index (κ3) is 6.32. The maximum atomic E-state index is 12.1. The second-order valence-corrected chi connectivity index (χ2v) is 5.86. The van der Waals surface area contributed by atoms with Gasteiger partial charge in [-0.1, -0.05) is 18.2 Å². The fourth-order valence-corrected chi connectivity index (χ4v) is 2.54. The van der Waals surface area contributed by atoms with Gasteiger partial charge in [0.05, 0.1) is 30.5 Å². The Balaban J connectivity index is 1.82. The number of benzene rings is 1. The minimum Gasteiger partial charge on any atom is -0.494 e. The molecule has 1 aromatic rings. The molecule has 1 aliphatic rings. The number of carbonyl (C=O) groups is 3. The van der Waals surface area contributed by atoms with Gasteiger partial charge in [0, 0.05) is 6.42 Å². The van der Waals surface area contributed by atoms with Gasteiger partial charge in [0.2, 0.25) is 0 Å². The topological polar surface area (TPSA) is 103 Å². The smallest absolute Gasteiger partial charge is 0.338 e. The molecule has 1 atom stereocenters. The van der Waals surface area contributed by atoms with E-state index in [4.69, 9.17) is 14.2 Å². The van der Waals surface area contributed by atoms with Crippen molar-refractivity contribution in [3.63, 3.8) is 0 Å². The lowest BCUT2D eigenvalue weighted by molar-refractivity contribution is -0.144. The summed E-state index contributed by atoms with van der Waals surface area (Å²) in [6.07, 6.45) is 0.651. The summed E-state index contributed by atoms with van der Waals surface area (Å²) in [5.74, 6) is -0.260. The lowest BCUT2D eigenvalue weighted by Gasteiger charge is -2.26. The van der Waals surface area contributed by atoms with Crippen molar-refractivity contribution >= 4 is 18.0 Å². The van der Waals surface area contributed by atoms with Gasteiger partial charge in [-0.25, -0.2) is 9.59 Å². The van der Waals surface area contributed by atoms with Crippen LogP contribution in [0.25, 0.3) is 0 Å². The number of hydrogen-bond donors (Lipinski definition) is 2.